The Morgan fingerprint density at radius 2 is 1.33 bits per heavy atom. The molecule has 0 heterocycles. The van der Waals surface area contributed by atoms with E-state index in [9.17, 15) is 9.90 Å². The lowest BCUT2D eigenvalue weighted by molar-refractivity contribution is 0.0494. The molecular formula is C23H39NO3. The van der Waals surface area contributed by atoms with Gasteiger partial charge in [0.15, 0.2) is 0 Å². The highest BCUT2D eigenvalue weighted by Crippen LogP contribution is 2.21. The molecule has 1 rings (SSSR count). The van der Waals surface area contributed by atoms with Crippen LogP contribution in [0.15, 0.2) is 18.2 Å². The number of carbonyl (C=O) groups excluding carboxylic acids is 1. The van der Waals surface area contributed by atoms with Crippen LogP contribution in [0, 0.1) is 0 Å². The first-order valence-electron chi connectivity index (χ1n) is 10.9. The van der Waals surface area contributed by atoms with E-state index >= 15 is 0 Å². The highest BCUT2D eigenvalue weighted by molar-refractivity contribution is 5.92. The summed E-state index contributed by atoms with van der Waals surface area (Å²) in [4.78, 5) is 11.9. The van der Waals surface area contributed by atoms with E-state index in [-0.39, 0.29) is 11.3 Å². The van der Waals surface area contributed by atoms with Crippen molar-refractivity contribution in [1.29, 1.82) is 0 Å². The molecule has 0 aliphatic heterocycles. The van der Waals surface area contributed by atoms with Crippen LogP contribution >= 0.6 is 0 Å². The topological polar surface area (TPSA) is 72.5 Å². The number of benzene rings is 1. The average Bonchev–Trinajstić information content (AvgIpc) is 2.64. The molecule has 0 saturated carbocycles. The number of esters is 1. The van der Waals surface area contributed by atoms with Gasteiger partial charge in [0.2, 0.25) is 0 Å². The Hall–Kier alpha value is -1.71. The monoisotopic (exact) mass is 377 g/mol. The molecule has 0 atom stereocenters. The van der Waals surface area contributed by atoms with Gasteiger partial charge in [0.25, 0.3) is 0 Å². The molecule has 3 N–H and O–H groups in total. The maximum atomic E-state index is 11.9. The van der Waals surface area contributed by atoms with E-state index in [4.69, 9.17) is 10.5 Å². The van der Waals surface area contributed by atoms with Gasteiger partial charge in [-0.3, -0.25) is 0 Å². The van der Waals surface area contributed by atoms with Crippen LogP contribution in [0.25, 0.3) is 0 Å². The summed E-state index contributed by atoms with van der Waals surface area (Å²) in [5.74, 6) is -0.608. The normalized spacial score (nSPS) is 10.9. The minimum Gasteiger partial charge on any atom is -0.507 e. The predicted molar refractivity (Wildman–Crippen MR) is 113 cm³/mol. The number of hydrogen-bond acceptors (Lipinski definition) is 4. The van der Waals surface area contributed by atoms with Crippen LogP contribution in [-0.2, 0) is 4.74 Å². The molecule has 0 unspecified atom stereocenters. The van der Waals surface area contributed by atoms with Crippen molar-refractivity contribution in [1.82, 2.24) is 0 Å². The number of unbranched alkanes of at least 4 members (excludes halogenated alkanes) is 13. The SMILES string of the molecule is CCCCCCCCCCCCCCCCOC(=O)c1ccc(N)cc1O. The first kappa shape index (κ1) is 23.3. The molecule has 0 saturated heterocycles. The third kappa shape index (κ3) is 11.6. The van der Waals surface area contributed by atoms with E-state index < -0.39 is 5.97 Å². The molecule has 4 heteroatoms. The number of ether oxygens (including phenoxy) is 1. The third-order valence-corrected chi connectivity index (χ3v) is 4.97. The van der Waals surface area contributed by atoms with Gasteiger partial charge in [-0.05, 0) is 18.6 Å². The molecule has 27 heavy (non-hydrogen) atoms. The highest BCUT2D eigenvalue weighted by atomic mass is 16.5. The van der Waals surface area contributed by atoms with Crippen molar-refractivity contribution in [3.05, 3.63) is 23.8 Å². The second kappa shape index (κ2) is 15.4. The Bertz CT molecular complexity index is 516. The zero-order chi connectivity index (χ0) is 19.7. The number of nitrogens with two attached hydrogens (primary N) is 1. The number of nitrogen functional groups attached to an aromatic ring is 1. The lowest BCUT2D eigenvalue weighted by atomic mass is 10.0. The number of hydrogen-bond donors (Lipinski definition) is 2. The van der Waals surface area contributed by atoms with E-state index in [1.165, 1.54) is 89.2 Å². The van der Waals surface area contributed by atoms with Gasteiger partial charge >= 0.3 is 5.97 Å². The Kier molecular flexibility index (Phi) is 13.3. The molecule has 0 aromatic heterocycles. The molecule has 0 aliphatic carbocycles. The van der Waals surface area contributed by atoms with Gasteiger partial charge in [-0.1, -0.05) is 90.4 Å². The van der Waals surface area contributed by atoms with E-state index in [1.807, 2.05) is 0 Å². The highest BCUT2D eigenvalue weighted by Gasteiger charge is 2.12. The summed E-state index contributed by atoms with van der Waals surface area (Å²) in [6, 6.07) is 4.45. The maximum Gasteiger partial charge on any atom is 0.341 e. The quantitative estimate of drug-likeness (QED) is 0.193. The average molecular weight is 378 g/mol. The molecule has 0 aliphatic rings. The van der Waals surface area contributed by atoms with Crippen molar-refractivity contribution >= 4 is 11.7 Å². The van der Waals surface area contributed by atoms with E-state index in [0.717, 1.165) is 12.8 Å². The number of anilines is 1. The van der Waals surface area contributed by atoms with Crippen LogP contribution in [0.4, 0.5) is 5.69 Å². The fourth-order valence-corrected chi connectivity index (χ4v) is 3.26. The van der Waals surface area contributed by atoms with Gasteiger partial charge in [-0.15, -0.1) is 0 Å². The maximum absolute atomic E-state index is 11.9. The minimum atomic E-state index is -0.484. The second-order valence-corrected chi connectivity index (χ2v) is 7.51. The van der Waals surface area contributed by atoms with Gasteiger partial charge in [-0.2, -0.15) is 0 Å². The minimum absolute atomic E-state index is 0.124. The van der Waals surface area contributed by atoms with Crippen molar-refractivity contribution < 1.29 is 14.6 Å². The zero-order valence-electron chi connectivity index (χ0n) is 17.2. The van der Waals surface area contributed by atoms with Crippen LogP contribution in [0.3, 0.4) is 0 Å². The van der Waals surface area contributed by atoms with Crippen LogP contribution in [0.1, 0.15) is 107 Å². The summed E-state index contributed by atoms with van der Waals surface area (Å²) in [7, 11) is 0. The van der Waals surface area contributed by atoms with E-state index in [0.29, 0.717) is 12.3 Å². The zero-order valence-corrected chi connectivity index (χ0v) is 17.2. The lowest BCUT2D eigenvalue weighted by Gasteiger charge is -2.07. The third-order valence-electron chi connectivity index (χ3n) is 4.97. The molecule has 0 spiro atoms. The van der Waals surface area contributed by atoms with Gasteiger partial charge < -0.3 is 15.6 Å². The lowest BCUT2D eigenvalue weighted by Crippen LogP contribution is -2.07. The van der Waals surface area contributed by atoms with Crippen LogP contribution in [0.2, 0.25) is 0 Å². The summed E-state index contributed by atoms with van der Waals surface area (Å²) in [6.07, 6.45) is 18.2. The molecular weight excluding hydrogens is 338 g/mol. The first-order chi connectivity index (χ1) is 13.1. The Morgan fingerprint density at radius 1 is 0.852 bits per heavy atom. The van der Waals surface area contributed by atoms with Crippen molar-refractivity contribution in [2.75, 3.05) is 12.3 Å². The summed E-state index contributed by atoms with van der Waals surface area (Å²) < 4.78 is 5.22. The smallest absolute Gasteiger partial charge is 0.341 e. The molecule has 1 aromatic rings. The molecule has 0 bridgehead atoms. The van der Waals surface area contributed by atoms with Gasteiger partial charge in [0.1, 0.15) is 11.3 Å². The van der Waals surface area contributed by atoms with Crippen molar-refractivity contribution in [3.63, 3.8) is 0 Å². The molecule has 0 amide bonds. The standard InChI is InChI=1S/C23H39NO3/c1-2-3-4-5-6-7-8-9-10-11-12-13-14-15-18-27-23(26)21-17-16-20(24)19-22(21)25/h16-17,19,25H,2-15,18,24H2,1H3. The predicted octanol–water partition coefficient (Wildman–Crippen LogP) is 6.61. The van der Waals surface area contributed by atoms with Gasteiger partial charge in [0, 0.05) is 11.8 Å². The van der Waals surface area contributed by atoms with E-state index in [1.54, 1.807) is 6.07 Å². The summed E-state index contributed by atoms with van der Waals surface area (Å²) in [5.41, 5.74) is 6.15. The van der Waals surface area contributed by atoms with Crippen molar-refractivity contribution in [3.8, 4) is 5.75 Å². The van der Waals surface area contributed by atoms with Crippen molar-refractivity contribution in [2.24, 2.45) is 0 Å². The Balaban J connectivity index is 1.88. The van der Waals surface area contributed by atoms with E-state index in [2.05, 4.69) is 6.92 Å². The number of rotatable bonds is 16. The molecule has 1 aromatic carbocycles. The van der Waals surface area contributed by atoms with Gasteiger partial charge in [-0.25, -0.2) is 4.79 Å². The van der Waals surface area contributed by atoms with Crippen LogP contribution in [-0.4, -0.2) is 17.7 Å². The summed E-state index contributed by atoms with van der Waals surface area (Å²) in [6.45, 7) is 2.67. The van der Waals surface area contributed by atoms with Crippen LogP contribution in [0.5, 0.6) is 5.75 Å². The number of phenols is 1. The number of carbonyl (C=O) groups is 1. The summed E-state index contributed by atoms with van der Waals surface area (Å²) in [5, 5.41) is 9.71. The first-order valence-corrected chi connectivity index (χ1v) is 10.9. The Morgan fingerprint density at radius 3 is 1.81 bits per heavy atom. The molecule has 0 radical (unpaired) electrons. The Labute approximate surface area is 165 Å². The van der Waals surface area contributed by atoms with Crippen LogP contribution < -0.4 is 5.73 Å². The number of aromatic hydroxyl groups is 1. The fraction of sp³-hybridized carbons (Fsp3) is 0.696. The van der Waals surface area contributed by atoms with Crippen molar-refractivity contribution in [2.45, 2.75) is 96.8 Å². The molecule has 154 valence electrons. The second-order valence-electron chi connectivity index (χ2n) is 7.51. The number of phenolic OH excluding ortho intramolecular Hbond substituents is 1. The molecule has 0 fully saturated rings. The summed E-state index contributed by atoms with van der Waals surface area (Å²) >= 11 is 0. The van der Waals surface area contributed by atoms with Gasteiger partial charge in [0.05, 0.1) is 6.61 Å². The largest absolute Gasteiger partial charge is 0.507 e. The molecule has 4 nitrogen and oxygen atoms in total. The fourth-order valence-electron chi connectivity index (χ4n) is 3.26.